The third-order valence-corrected chi connectivity index (χ3v) is 3.99. The van der Waals surface area contributed by atoms with Crippen LogP contribution in [-0.4, -0.2) is 21.9 Å². The number of H-pyrrole nitrogens is 2. The van der Waals surface area contributed by atoms with Crippen molar-refractivity contribution in [3.63, 3.8) is 0 Å². The summed E-state index contributed by atoms with van der Waals surface area (Å²) in [5.41, 5.74) is 1.51. The fourth-order valence-electron chi connectivity index (χ4n) is 2.93. The maximum atomic E-state index is 12.4. The normalized spacial score (nSPS) is 17.0. The SMILES string of the molecule is O=C(NC1CCCCCC1)c1cccc2[nH]c(=O)[nH]c12. The molecule has 2 aromatic rings. The van der Waals surface area contributed by atoms with E-state index in [0.717, 1.165) is 12.8 Å². The van der Waals surface area contributed by atoms with E-state index >= 15 is 0 Å². The molecular formula is C15H19N3O2. The van der Waals surface area contributed by atoms with Gasteiger partial charge in [-0.05, 0) is 25.0 Å². The molecule has 3 N–H and O–H groups in total. The maximum absolute atomic E-state index is 12.4. The van der Waals surface area contributed by atoms with Crippen molar-refractivity contribution in [3.8, 4) is 0 Å². The summed E-state index contributed by atoms with van der Waals surface area (Å²) >= 11 is 0. The number of aromatic amines is 2. The zero-order chi connectivity index (χ0) is 13.9. The molecule has 1 amide bonds. The van der Waals surface area contributed by atoms with Crippen LogP contribution < -0.4 is 11.0 Å². The molecule has 1 aromatic heterocycles. The van der Waals surface area contributed by atoms with Gasteiger partial charge in [-0.15, -0.1) is 0 Å². The lowest BCUT2D eigenvalue weighted by Gasteiger charge is -2.16. The van der Waals surface area contributed by atoms with Crippen LogP contribution in [0.1, 0.15) is 48.9 Å². The number of benzene rings is 1. The molecule has 0 atom stereocenters. The first-order valence-corrected chi connectivity index (χ1v) is 7.26. The van der Waals surface area contributed by atoms with E-state index in [1.807, 2.05) is 0 Å². The Morgan fingerprint density at radius 3 is 2.60 bits per heavy atom. The number of hydrogen-bond acceptors (Lipinski definition) is 2. The molecule has 0 radical (unpaired) electrons. The molecule has 0 unspecified atom stereocenters. The summed E-state index contributed by atoms with van der Waals surface area (Å²) in [5, 5.41) is 3.10. The van der Waals surface area contributed by atoms with Crippen molar-refractivity contribution in [3.05, 3.63) is 34.2 Å². The molecule has 5 heteroatoms. The fourth-order valence-corrected chi connectivity index (χ4v) is 2.93. The summed E-state index contributed by atoms with van der Waals surface area (Å²) in [6, 6.07) is 5.58. The van der Waals surface area contributed by atoms with Crippen LogP contribution in [0.3, 0.4) is 0 Å². The number of carbonyl (C=O) groups is 1. The standard InChI is InChI=1S/C15H19N3O2/c19-14(16-10-6-3-1-2-4-7-10)11-8-5-9-12-13(11)18-15(20)17-12/h5,8-10H,1-4,6-7H2,(H,16,19)(H2,17,18,20). The molecule has 0 aliphatic heterocycles. The number of carbonyl (C=O) groups excluding carboxylic acids is 1. The zero-order valence-electron chi connectivity index (χ0n) is 11.4. The molecule has 0 saturated heterocycles. The van der Waals surface area contributed by atoms with E-state index in [4.69, 9.17) is 0 Å². The number of nitrogens with one attached hydrogen (secondary N) is 3. The average Bonchev–Trinajstić information content (AvgIpc) is 2.64. The number of amides is 1. The highest BCUT2D eigenvalue weighted by Crippen LogP contribution is 2.19. The van der Waals surface area contributed by atoms with Gasteiger partial charge in [-0.25, -0.2) is 4.79 Å². The molecule has 1 heterocycles. The van der Waals surface area contributed by atoms with Crippen molar-refractivity contribution in [1.29, 1.82) is 0 Å². The van der Waals surface area contributed by atoms with Gasteiger partial charge in [0.15, 0.2) is 0 Å². The Morgan fingerprint density at radius 1 is 1.10 bits per heavy atom. The van der Waals surface area contributed by atoms with Gasteiger partial charge in [-0.3, -0.25) is 4.79 Å². The van der Waals surface area contributed by atoms with E-state index in [1.54, 1.807) is 18.2 Å². The van der Waals surface area contributed by atoms with Crippen LogP contribution in [0.5, 0.6) is 0 Å². The van der Waals surface area contributed by atoms with E-state index in [9.17, 15) is 9.59 Å². The molecule has 3 rings (SSSR count). The van der Waals surface area contributed by atoms with Gasteiger partial charge in [0.2, 0.25) is 0 Å². The van der Waals surface area contributed by atoms with Crippen LogP contribution in [0.15, 0.2) is 23.0 Å². The molecule has 1 fully saturated rings. The molecular weight excluding hydrogens is 254 g/mol. The summed E-state index contributed by atoms with van der Waals surface area (Å²) in [6.07, 6.45) is 6.96. The van der Waals surface area contributed by atoms with Gasteiger partial charge in [-0.2, -0.15) is 0 Å². The number of rotatable bonds is 2. The first-order valence-electron chi connectivity index (χ1n) is 7.26. The lowest BCUT2D eigenvalue weighted by Crippen LogP contribution is -2.34. The highest BCUT2D eigenvalue weighted by Gasteiger charge is 2.17. The van der Waals surface area contributed by atoms with Gasteiger partial charge >= 0.3 is 5.69 Å². The Balaban J connectivity index is 1.83. The smallest absolute Gasteiger partial charge is 0.323 e. The van der Waals surface area contributed by atoms with Crippen molar-refractivity contribution in [1.82, 2.24) is 15.3 Å². The maximum Gasteiger partial charge on any atom is 0.323 e. The Morgan fingerprint density at radius 2 is 1.85 bits per heavy atom. The Hall–Kier alpha value is -2.04. The lowest BCUT2D eigenvalue weighted by atomic mass is 10.1. The Labute approximate surface area is 116 Å². The minimum absolute atomic E-state index is 0.0993. The molecule has 1 aromatic carbocycles. The largest absolute Gasteiger partial charge is 0.349 e. The summed E-state index contributed by atoms with van der Waals surface area (Å²) in [6.45, 7) is 0. The first-order chi connectivity index (χ1) is 9.74. The second-order valence-electron chi connectivity index (χ2n) is 5.47. The van der Waals surface area contributed by atoms with Crippen molar-refractivity contribution < 1.29 is 4.79 Å². The van der Waals surface area contributed by atoms with E-state index in [0.29, 0.717) is 16.6 Å². The van der Waals surface area contributed by atoms with Crippen LogP contribution in [0.2, 0.25) is 0 Å². The zero-order valence-corrected chi connectivity index (χ0v) is 11.4. The molecule has 1 saturated carbocycles. The van der Waals surface area contributed by atoms with Gasteiger partial charge in [0.05, 0.1) is 16.6 Å². The second-order valence-corrected chi connectivity index (χ2v) is 5.47. The monoisotopic (exact) mass is 273 g/mol. The molecule has 5 nitrogen and oxygen atoms in total. The van der Waals surface area contributed by atoms with Gasteiger partial charge in [-0.1, -0.05) is 31.7 Å². The molecule has 1 aliphatic rings. The van der Waals surface area contributed by atoms with Gasteiger partial charge in [0.1, 0.15) is 0 Å². The van der Waals surface area contributed by atoms with E-state index < -0.39 is 0 Å². The third kappa shape index (κ3) is 2.61. The number of imidazole rings is 1. The van der Waals surface area contributed by atoms with Crippen LogP contribution in [0.4, 0.5) is 0 Å². The topological polar surface area (TPSA) is 77.8 Å². The Bertz CT molecular complexity index is 663. The fraction of sp³-hybridized carbons (Fsp3) is 0.467. The summed E-state index contributed by atoms with van der Waals surface area (Å²) < 4.78 is 0. The van der Waals surface area contributed by atoms with E-state index in [1.165, 1.54) is 25.7 Å². The minimum Gasteiger partial charge on any atom is -0.349 e. The number of fused-ring (bicyclic) bond motifs is 1. The number of hydrogen-bond donors (Lipinski definition) is 3. The summed E-state index contributed by atoms with van der Waals surface area (Å²) in [5.74, 6) is -0.0993. The van der Waals surface area contributed by atoms with Gasteiger partial charge in [0, 0.05) is 6.04 Å². The molecule has 20 heavy (non-hydrogen) atoms. The summed E-state index contributed by atoms with van der Waals surface area (Å²) in [4.78, 5) is 29.1. The van der Waals surface area contributed by atoms with Crippen LogP contribution in [-0.2, 0) is 0 Å². The highest BCUT2D eigenvalue weighted by molar-refractivity contribution is 6.04. The Kier molecular flexibility index (Phi) is 3.58. The van der Waals surface area contributed by atoms with Crippen molar-refractivity contribution >= 4 is 16.9 Å². The number of para-hydroxylation sites is 1. The highest BCUT2D eigenvalue weighted by atomic mass is 16.2. The quantitative estimate of drug-likeness (QED) is 0.734. The minimum atomic E-state index is -0.283. The van der Waals surface area contributed by atoms with Crippen molar-refractivity contribution in [2.75, 3.05) is 0 Å². The third-order valence-electron chi connectivity index (χ3n) is 3.99. The van der Waals surface area contributed by atoms with Gasteiger partial charge < -0.3 is 15.3 Å². The van der Waals surface area contributed by atoms with Crippen molar-refractivity contribution in [2.24, 2.45) is 0 Å². The van der Waals surface area contributed by atoms with Crippen LogP contribution in [0, 0.1) is 0 Å². The number of aromatic nitrogens is 2. The lowest BCUT2D eigenvalue weighted by molar-refractivity contribution is 0.0935. The average molecular weight is 273 g/mol. The van der Waals surface area contributed by atoms with Crippen molar-refractivity contribution in [2.45, 2.75) is 44.6 Å². The predicted molar refractivity (Wildman–Crippen MR) is 77.9 cm³/mol. The summed E-state index contributed by atoms with van der Waals surface area (Å²) in [7, 11) is 0. The predicted octanol–water partition coefficient (Wildman–Crippen LogP) is 2.31. The van der Waals surface area contributed by atoms with Crippen LogP contribution in [0.25, 0.3) is 11.0 Å². The first kappa shape index (κ1) is 13.0. The van der Waals surface area contributed by atoms with E-state index in [2.05, 4.69) is 15.3 Å². The van der Waals surface area contributed by atoms with E-state index in [-0.39, 0.29) is 17.6 Å². The molecule has 106 valence electrons. The second kappa shape index (κ2) is 5.53. The molecule has 1 aliphatic carbocycles. The van der Waals surface area contributed by atoms with Crippen LogP contribution >= 0.6 is 0 Å². The van der Waals surface area contributed by atoms with Gasteiger partial charge in [0.25, 0.3) is 5.91 Å². The molecule has 0 spiro atoms. The molecule has 0 bridgehead atoms.